The highest BCUT2D eigenvalue weighted by Crippen LogP contribution is 2.28. The molecule has 0 N–H and O–H groups in total. The second-order valence-electron chi connectivity index (χ2n) is 6.45. The number of ether oxygens (including phenoxy) is 3. The molecule has 1 amide bonds. The predicted octanol–water partition coefficient (Wildman–Crippen LogP) is 2.68. The molecule has 4 rings (SSSR count). The maximum atomic E-state index is 12.1. The van der Waals surface area contributed by atoms with Crippen molar-refractivity contribution in [1.29, 1.82) is 0 Å². The van der Waals surface area contributed by atoms with Gasteiger partial charge in [-0.25, -0.2) is 14.8 Å². The average Bonchev–Trinajstić information content (AvgIpc) is 2.70. The number of rotatable bonds is 5. The Labute approximate surface area is 157 Å². The molecule has 140 valence electrons. The van der Waals surface area contributed by atoms with E-state index in [-0.39, 0.29) is 18.8 Å². The van der Waals surface area contributed by atoms with Crippen LogP contribution in [0.4, 0.5) is 4.79 Å². The van der Waals surface area contributed by atoms with Crippen molar-refractivity contribution in [2.75, 3.05) is 26.3 Å². The van der Waals surface area contributed by atoms with Gasteiger partial charge in [0.25, 0.3) is 0 Å². The van der Waals surface area contributed by atoms with Gasteiger partial charge in [-0.05, 0) is 17.6 Å². The van der Waals surface area contributed by atoms with Gasteiger partial charge in [0.15, 0.2) is 0 Å². The summed E-state index contributed by atoms with van der Waals surface area (Å²) in [6, 6.07) is 9.62. The number of aromatic nitrogens is 2. The number of likely N-dealkylation sites (tertiary alicyclic amines) is 1. The third-order valence-electron chi connectivity index (χ3n) is 4.52. The molecule has 0 aliphatic carbocycles. The molecule has 0 atom stereocenters. The van der Waals surface area contributed by atoms with E-state index in [1.165, 1.54) is 0 Å². The first-order valence-electron chi connectivity index (χ1n) is 9.00. The summed E-state index contributed by atoms with van der Waals surface area (Å²) >= 11 is 0. The minimum Gasteiger partial charge on any atom is -0.469 e. The van der Waals surface area contributed by atoms with Crippen LogP contribution in [-0.2, 0) is 16.1 Å². The molecule has 1 fully saturated rings. The zero-order chi connectivity index (χ0) is 18.5. The van der Waals surface area contributed by atoms with Crippen molar-refractivity contribution in [2.45, 2.75) is 19.1 Å². The van der Waals surface area contributed by atoms with Crippen molar-refractivity contribution in [2.24, 2.45) is 0 Å². The standard InChI is InChI=1S/C20H21N3O4/c24-20(26-14-15-4-2-1-3-5-15)23-12-17(13-23)27-19-18(21-8-9-22-19)16-6-10-25-11-7-16/h1-6,8-9,17H,7,10-14H2. The molecule has 0 unspecified atom stereocenters. The van der Waals surface area contributed by atoms with Crippen LogP contribution in [0.15, 0.2) is 48.8 Å². The average molecular weight is 367 g/mol. The quantitative estimate of drug-likeness (QED) is 0.809. The summed E-state index contributed by atoms with van der Waals surface area (Å²) < 4.78 is 16.6. The van der Waals surface area contributed by atoms with Gasteiger partial charge >= 0.3 is 6.09 Å². The molecule has 0 spiro atoms. The van der Waals surface area contributed by atoms with Crippen LogP contribution in [-0.4, -0.2) is 53.4 Å². The molecular formula is C20H21N3O4. The zero-order valence-corrected chi connectivity index (χ0v) is 14.9. The number of carbonyl (C=O) groups is 1. The molecule has 3 heterocycles. The first-order chi connectivity index (χ1) is 13.3. The minimum atomic E-state index is -0.329. The Hall–Kier alpha value is -2.93. The number of amides is 1. The topological polar surface area (TPSA) is 73.8 Å². The third kappa shape index (κ3) is 4.25. The summed E-state index contributed by atoms with van der Waals surface area (Å²) in [6.07, 6.45) is 5.64. The van der Waals surface area contributed by atoms with Gasteiger partial charge in [0, 0.05) is 12.4 Å². The van der Waals surface area contributed by atoms with Crippen molar-refractivity contribution in [3.8, 4) is 5.88 Å². The molecule has 2 aromatic rings. The number of hydrogen-bond donors (Lipinski definition) is 0. The van der Waals surface area contributed by atoms with E-state index in [2.05, 4.69) is 9.97 Å². The van der Waals surface area contributed by atoms with Crippen LogP contribution in [0, 0.1) is 0 Å². The maximum Gasteiger partial charge on any atom is 0.410 e. The SMILES string of the molecule is O=C(OCc1ccccc1)N1CC(Oc2nccnc2C2=CCOCC2)C1. The molecule has 27 heavy (non-hydrogen) atoms. The zero-order valence-electron chi connectivity index (χ0n) is 14.9. The van der Waals surface area contributed by atoms with Crippen molar-refractivity contribution < 1.29 is 19.0 Å². The first-order valence-corrected chi connectivity index (χ1v) is 9.00. The summed E-state index contributed by atoms with van der Waals surface area (Å²) in [5.74, 6) is 0.507. The lowest BCUT2D eigenvalue weighted by Crippen LogP contribution is -2.56. The normalized spacial score (nSPS) is 17.0. The predicted molar refractivity (Wildman–Crippen MR) is 98.1 cm³/mol. The highest BCUT2D eigenvalue weighted by molar-refractivity contribution is 5.69. The van der Waals surface area contributed by atoms with E-state index in [0.29, 0.717) is 32.2 Å². The first kappa shape index (κ1) is 17.5. The van der Waals surface area contributed by atoms with Crippen LogP contribution in [0.25, 0.3) is 5.57 Å². The largest absolute Gasteiger partial charge is 0.469 e. The van der Waals surface area contributed by atoms with E-state index in [1.54, 1.807) is 17.3 Å². The van der Waals surface area contributed by atoms with E-state index in [1.807, 2.05) is 36.4 Å². The fourth-order valence-electron chi connectivity index (χ4n) is 3.00. The number of hydrogen-bond acceptors (Lipinski definition) is 6. The van der Waals surface area contributed by atoms with Gasteiger partial charge in [0.1, 0.15) is 18.4 Å². The van der Waals surface area contributed by atoms with E-state index in [4.69, 9.17) is 14.2 Å². The van der Waals surface area contributed by atoms with Crippen LogP contribution in [0.1, 0.15) is 17.7 Å². The fraction of sp³-hybridized carbons (Fsp3) is 0.350. The molecule has 7 heteroatoms. The Morgan fingerprint density at radius 1 is 1.19 bits per heavy atom. The van der Waals surface area contributed by atoms with Crippen LogP contribution < -0.4 is 4.74 Å². The minimum absolute atomic E-state index is 0.106. The van der Waals surface area contributed by atoms with Gasteiger partial charge in [-0.15, -0.1) is 0 Å². The fourth-order valence-corrected chi connectivity index (χ4v) is 3.00. The van der Waals surface area contributed by atoms with Crippen molar-refractivity contribution in [3.63, 3.8) is 0 Å². The van der Waals surface area contributed by atoms with Gasteiger partial charge < -0.3 is 19.1 Å². The van der Waals surface area contributed by atoms with E-state index in [9.17, 15) is 4.79 Å². The summed E-state index contributed by atoms with van der Waals surface area (Å²) in [7, 11) is 0. The Morgan fingerprint density at radius 3 is 2.78 bits per heavy atom. The van der Waals surface area contributed by atoms with E-state index >= 15 is 0 Å². The van der Waals surface area contributed by atoms with Crippen molar-refractivity contribution in [3.05, 3.63) is 60.1 Å². The Morgan fingerprint density at radius 2 is 2.00 bits per heavy atom. The Bertz CT molecular complexity index is 819. The third-order valence-corrected chi connectivity index (χ3v) is 4.52. The second-order valence-corrected chi connectivity index (χ2v) is 6.45. The van der Waals surface area contributed by atoms with Gasteiger partial charge in [0.05, 0.1) is 26.3 Å². The van der Waals surface area contributed by atoms with Crippen molar-refractivity contribution in [1.82, 2.24) is 14.9 Å². The van der Waals surface area contributed by atoms with E-state index < -0.39 is 0 Å². The van der Waals surface area contributed by atoms with Gasteiger partial charge in [-0.3, -0.25) is 0 Å². The molecule has 2 aliphatic rings. The van der Waals surface area contributed by atoms with Gasteiger partial charge in [-0.1, -0.05) is 36.4 Å². The molecule has 2 aliphatic heterocycles. The summed E-state index contributed by atoms with van der Waals surface area (Å²) in [6.45, 7) is 2.48. The highest BCUT2D eigenvalue weighted by atomic mass is 16.6. The molecule has 0 radical (unpaired) electrons. The molecule has 1 aromatic carbocycles. The molecular weight excluding hydrogens is 346 g/mol. The Kier molecular flexibility index (Phi) is 5.29. The lowest BCUT2D eigenvalue weighted by molar-refractivity contribution is 0.00645. The monoisotopic (exact) mass is 367 g/mol. The molecule has 1 aromatic heterocycles. The smallest absolute Gasteiger partial charge is 0.410 e. The Balaban J connectivity index is 1.29. The molecule has 7 nitrogen and oxygen atoms in total. The number of carbonyl (C=O) groups excluding carboxylic acids is 1. The van der Waals surface area contributed by atoms with Crippen LogP contribution >= 0.6 is 0 Å². The van der Waals surface area contributed by atoms with Gasteiger partial charge in [-0.2, -0.15) is 0 Å². The number of benzene rings is 1. The summed E-state index contributed by atoms with van der Waals surface area (Å²) in [5.41, 5.74) is 2.81. The molecule has 1 saturated heterocycles. The van der Waals surface area contributed by atoms with Crippen molar-refractivity contribution >= 4 is 11.7 Å². The lowest BCUT2D eigenvalue weighted by atomic mass is 10.1. The lowest BCUT2D eigenvalue weighted by Gasteiger charge is -2.37. The number of nitrogens with zero attached hydrogens (tertiary/aromatic N) is 3. The van der Waals surface area contributed by atoms with Gasteiger partial charge in [0.2, 0.25) is 5.88 Å². The summed E-state index contributed by atoms with van der Waals surface area (Å²) in [4.78, 5) is 22.5. The van der Waals surface area contributed by atoms with E-state index in [0.717, 1.165) is 23.3 Å². The molecule has 0 bridgehead atoms. The summed E-state index contributed by atoms with van der Waals surface area (Å²) in [5, 5.41) is 0. The van der Waals surface area contributed by atoms with Crippen LogP contribution in [0.2, 0.25) is 0 Å². The van der Waals surface area contributed by atoms with Crippen LogP contribution in [0.5, 0.6) is 5.88 Å². The second kappa shape index (κ2) is 8.18. The maximum absolute atomic E-state index is 12.1. The molecule has 0 saturated carbocycles. The highest BCUT2D eigenvalue weighted by Gasteiger charge is 2.34. The van der Waals surface area contributed by atoms with Crippen LogP contribution in [0.3, 0.4) is 0 Å².